The fourth-order valence-corrected chi connectivity index (χ4v) is 3.92. The Labute approximate surface area is 222 Å². The highest BCUT2D eigenvalue weighted by atomic mass is 19.4. The maximum atomic E-state index is 12.7. The number of aryl methyl sites for hydroxylation is 2. The summed E-state index contributed by atoms with van der Waals surface area (Å²) in [6, 6.07) is 13.5. The number of ether oxygens (including phenoxy) is 4. The summed E-state index contributed by atoms with van der Waals surface area (Å²) in [6.45, 7) is 6.81. The molecule has 0 saturated heterocycles. The zero-order chi connectivity index (χ0) is 28.5. The molecule has 204 valence electrons. The van der Waals surface area contributed by atoms with Crippen LogP contribution in [0.5, 0.6) is 23.0 Å². The number of carbonyl (C=O) groups is 2. The molecule has 1 aliphatic rings. The van der Waals surface area contributed by atoms with Gasteiger partial charge in [-0.2, -0.15) is 0 Å². The van der Waals surface area contributed by atoms with E-state index in [1.807, 2.05) is 26.0 Å². The van der Waals surface area contributed by atoms with Crippen LogP contribution < -0.4 is 18.9 Å². The number of benzene rings is 3. The lowest BCUT2D eigenvalue weighted by molar-refractivity contribution is -0.274. The first-order valence-electron chi connectivity index (χ1n) is 11.8. The van der Waals surface area contributed by atoms with E-state index in [2.05, 4.69) is 4.74 Å². The molecule has 3 aromatic rings. The quantitative estimate of drug-likeness (QED) is 0.319. The molecule has 1 aliphatic heterocycles. The number of allylic oxidation sites excluding steroid dienone is 1. The summed E-state index contributed by atoms with van der Waals surface area (Å²) in [5.74, 6) is -0.525. The minimum Gasteiger partial charge on any atom is -0.489 e. The van der Waals surface area contributed by atoms with Crippen LogP contribution in [0.15, 0.2) is 60.4 Å². The van der Waals surface area contributed by atoms with Crippen LogP contribution in [-0.4, -0.2) is 28.8 Å². The molecular formula is C29H25F3O7. The van der Waals surface area contributed by atoms with Gasteiger partial charge in [0.15, 0.2) is 11.4 Å². The Morgan fingerprint density at radius 1 is 0.949 bits per heavy atom. The van der Waals surface area contributed by atoms with E-state index in [1.54, 1.807) is 18.2 Å². The number of alkyl halides is 3. The second kappa shape index (κ2) is 10.4. The van der Waals surface area contributed by atoms with Crippen molar-refractivity contribution in [2.24, 2.45) is 0 Å². The first kappa shape index (κ1) is 27.6. The number of aliphatic carboxylic acids is 1. The third kappa shape index (κ3) is 6.51. The zero-order valence-electron chi connectivity index (χ0n) is 21.5. The number of carboxylic acids is 1. The van der Waals surface area contributed by atoms with E-state index in [0.29, 0.717) is 28.4 Å². The number of Topliss-reactive ketones (excluding diaryl/α,β-unsaturated/α-hetero) is 1. The van der Waals surface area contributed by atoms with Crippen LogP contribution in [0.25, 0.3) is 6.08 Å². The molecule has 39 heavy (non-hydrogen) atoms. The van der Waals surface area contributed by atoms with Crippen molar-refractivity contribution in [3.8, 4) is 23.0 Å². The first-order chi connectivity index (χ1) is 18.2. The number of rotatable bonds is 8. The largest absolute Gasteiger partial charge is 0.573 e. The Morgan fingerprint density at radius 2 is 1.56 bits per heavy atom. The predicted octanol–water partition coefficient (Wildman–Crippen LogP) is 6.64. The Bertz CT molecular complexity index is 1430. The van der Waals surface area contributed by atoms with Gasteiger partial charge in [0.05, 0.1) is 5.56 Å². The van der Waals surface area contributed by atoms with Crippen LogP contribution in [0.2, 0.25) is 0 Å². The van der Waals surface area contributed by atoms with E-state index in [0.717, 1.165) is 28.8 Å². The first-order valence-corrected chi connectivity index (χ1v) is 11.8. The van der Waals surface area contributed by atoms with Crippen molar-refractivity contribution in [3.63, 3.8) is 0 Å². The summed E-state index contributed by atoms with van der Waals surface area (Å²) >= 11 is 0. The van der Waals surface area contributed by atoms with Crippen molar-refractivity contribution < 1.29 is 46.8 Å². The molecule has 0 aliphatic carbocycles. The second-order valence-electron chi connectivity index (χ2n) is 9.48. The second-order valence-corrected chi connectivity index (χ2v) is 9.48. The minimum absolute atomic E-state index is 0.0257. The summed E-state index contributed by atoms with van der Waals surface area (Å²) in [5, 5.41) is 9.35. The SMILES string of the molecule is Cc1cc(COc2ccc3c(c2)O/C(=C\c2ccc(OC(F)(F)F)cc2)C3=O)cc(C)c1OC(C)(C)C(=O)O. The van der Waals surface area contributed by atoms with Gasteiger partial charge in [0, 0.05) is 6.07 Å². The monoisotopic (exact) mass is 542 g/mol. The van der Waals surface area contributed by atoms with Crippen LogP contribution in [-0.2, 0) is 11.4 Å². The third-order valence-corrected chi connectivity index (χ3v) is 5.85. The molecule has 0 spiro atoms. The molecule has 0 unspecified atom stereocenters. The van der Waals surface area contributed by atoms with Crippen LogP contribution in [0.4, 0.5) is 13.2 Å². The van der Waals surface area contributed by atoms with Crippen molar-refractivity contribution in [1.29, 1.82) is 0 Å². The molecule has 0 bridgehead atoms. The number of halogens is 3. The molecule has 10 heteroatoms. The average Bonchev–Trinajstić information content (AvgIpc) is 3.14. The lowest BCUT2D eigenvalue weighted by Gasteiger charge is -2.24. The molecule has 0 radical (unpaired) electrons. The van der Waals surface area contributed by atoms with E-state index >= 15 is 0 Å². The molecule has 3 aromatic carbocycles. The standard InChI is InChI=1S/C29H25F3O7/c1-16-11-19(12-17(2)26(16)39-28(3,4)27(34)35)15-36-21-9-10-22-23(14-21)37-24(25(22)33)13-18-5-7-20(8-6-18)38-29(30,31)32/h5-14H,15H2,1-4H3,(H,34,35)/b24-13-. The number of carboxylic acid groups (broad SMARTS) is 1. The van der Waals surface area contributed by atoms with E-state index in [4.69, 9.17) is 14.2 Å². The predicted molar refractivity (Wildman–Crippen MR) is 135 cm³/mol. The van der Waals surface area contributed by atoms with Gasteiger partial charge in [0.2, 0.25) is 5.78 Å². The van der Waals surface area contributed by atoms with Gasteiger partial charge in [-0.15, -0.1) is 13.2 Å². The molecular weight excluding hydrogens is 517 g/mol. The third-order valence-electron chi connectivity index (χ3n) is 5.85. The highest BCUT2D eigenvalue weighted by Gasteiger charge is 2.32. The van der Waals surface area contributed by atoms with Gasteiger partial charge in [-0.05, 0) is 92.4 Å². The Morgan fingerprint density at radius 3 is 2.15 bits per heavy atom. The highest BCUT2D eigenvalue weighted by Crippen LogP contribution is 2.36. The van der Waals surface area contributed by atoms with Gasteiger partial charge in [0.25, 0.3) is 0 Å². The normalized spacial score (nSPS) is 14.1. The molecule has 0 aromatic heterocycles. The molecule has 0 fully saturated rings. The maximum absolute atomic E-state index is 12.7. The van der Waals surface area contributed by atoms with Crippen molar-refractivity contribution >= 4 is 17.8 Å². The number of fused-ring (bicyclic) bond motifs is 1. The number of hydrogen-bond acceptors (Lipinski definition) is 6. The molecule has 7 nitrogen and oxygen atoms in total. The van der Waals surface area contributed by atoms with Gasteiger partial charge in [-0.25, -0.2) is 4.79 Å². The van der Waals surface area contributed by atoms with Gasteiger partial charge >= 0.3 is 12.3 Å². The minimum atomic E-state index is -4.79. The smallest absolute Gasteiger partial charge is 0.489 e. The summed E-state index contributed by atoms with van der Waals surface area (Å²) in [6.07, 6.45) is -3.36. The lowest BCUT2D eigenvalue weighted by Crippen LogP contribution is -2.38. The van der Waals surface area contributed by atoms with Gasteiger partial charge in [-0.3, -0.25) is 4.79 Å². The Hall–Kier alpha value is -4.47. The fourth-order valence-electron chi connectivity index (χ4n) is 3.92. The van der Waals surface area contributed by atoms with Crippen LogP contribution in [0, 0.1) is 13.8 Å². The van der Waals surface area contributed by atoms with Crippen molar-refractivity contribution in [2.45, 2.75) is 46.3 Å². The molecule has 0 atom stereocenters. The Balaban J connectivity index is 1.44. The van der Waals surface area contributed by atoms with Crippen LogP contribution in [0.3, 0.4) is 0 Å². The number of ketones is 1. The van der Waals surface area contributed by atoms with Crippen LogP contribution >= 0.6 is 0 Å². The van der Waals surface area contributed by atoms with Gasteiger partial charge in [0.1, 0.15) is 29.6 Å². The van der Waals surface area contributed by atoms with Gasteiger partial charge in [-0.1, -0.05) is 12.1 Å². The molecule has 1 heterocycles. The molecule has 4 rings (SSSR count). The number of carbonyl (C=O) groups excluding carboxylic acids is 1. The summed E-state index contributed by atoms with van der Waals surface area (Å²) < 4.78 is 58.2. The fraction of sp³-hybridized carbons (Fsp3) is 0.241. The number of hydrogen-bond donors (Lipinski definition) is 1. The van der Waals surface area contributed by atoms with Gasteiger partial charge < -0.3 is 24.1 Å². The summed E-state index contributed by atoms with van der Waals surface area (Å²) in [4.78, 5) is 24.2. The van der Waals surface area contributed by atoms with E-state index in [9.17, 15) is 27.9 Å². The van der Waals surface area contributed by atoms with Crippen LogP contribution in [0.1, 0.15) is 46.5 Å². The van der Waals surface area contributed by atoms with E-state index in [1.165, 1.54) is 32.1 Å². The lowest BCUT2D eigenvalue weighted by atomic mass is 10.0. The van der Waals surface area contributed by atoms with Crippen molar-refractivity contribution in [3.05, 3.63) is 88.2 Å². The summed E-state index contributed by atoms with van der Waals surface area (Å²) in [7, 11) is 0. The topological polar surface area (TPSA) is 91.3 Å². The molecule has 0 amide bonds. The average molecular weight is 543 g/mol. The molecule has 1 N–H and O–H groups in total. The van der Waals surface area contributed by atoms with Crippen molar-refractivity contribution in [1.82, 2.24) is 0 Å². The highest BCUT2D eigenvalue weighted by molar-refractivity contribution is 6.14. The van der Waals surface area contributed by atoms with E-state index in [-0.39, 0.29) is 23.9 Å². The maximum Gasteiger partial charge on any atom is 0.573 e. The van der Waals surface area contributed by atoms with Crippen molar-refractivity contribution in [2.75, 3.05) is 0 Å². The van der Waals surface area contributed by atoms with E-state index < -0.39 is 17.9 Å². The zero-order valence-corrected chi connectivity index (χ0v) is 21.5. The Kier molecular flexibility index (Phi) is 7.32. The summed E-state index contributed by atoms with van der Waals surface area (Å²) in [5.41, 5.74) is 1.77. The molecule has 0 saturated carbocycles.